The average Bonchev–Trinajstić information content (AvgIpc) is 2.56. The van der Waals surface area contributed by atoms with Gasteiger partial charge in [0.1, 0.15) is 5.75 Å². The van der Waals surface area contributed by atoms with Gasteiger partial charge >= 0.3 is 0 Å². The average molecular weight is 316 g/mol. The van der Waals surface area contributed by atoms with Crippen molar-refractivity contribution in [1.29, 1.82) is 0 Å². The Balaban J connectivity index is 1.97. The maximum Gasteiger partial charge on any atom is 0.225 e. The summed E-state index contributed by atoms with van der Waals surface area (Å²) in [5.74, 6) is -0.0923. The molecule has 0 spiro atoms. The van der Waals surface area contributed by atoms with Crippen molar-refractivity contribution < 1.29 is 20.2 Å². The summed E-state index contributed by atoms with van der Waals surface area (Å²) in [6, 6.07) is 13.4. The van der Waals surface area contributed by atoms with Crippen LogP contribution in [0.2, 0.25) is 0 Å². The van der Waals surface area contributed by atoms with Gasteiger partial charge in [-0.2, -0.15) is 5.48 Å². The van der Waals surface area contributed by atoms with Crippen molar-refractivity contribution in [1.82, 2.24) is 10.8 Å². The number of para-hydroxylation sites is 1. The Morgan fingerprint density at radius 3 is 2.30 bits per heavy atom. The van der Waals surface area contributed by atoms with Gasteiger partial charge in [-0.05, 0) is 24.1 Å². The van der Waals surface area contributed by atoms with E-state index in [0.29, 0.717) is 11.1 Å². The maximum absolute atomic E-state index is 12.1. The van der Waals surface area contributed by atoms with E-state index in [-0.39, 0.29) is 24.1 Å². The fraction of sp³-hybridized carbons (Fsp3) is 0.235. The van der Waals surface area contributed by atoms with E-state index in [0.717, 1.165) is 5.56 Å². The fourth-order valence-electron chi connectivity index (χ4n) is 2.25. The number of hydroxylamine groups is 1. The third-order valence-electron chi connectivity index (χ3n) is 3.59. The Hall–Kier alpha value is -2.41. The highest BCUT2D eigenvalue weighted by Gasteiger charge is 2.13. The van der Waals surface area contributed by atoms with Crippen molar-refractivity contribution in [2.45, 2.75) is 25.6 Å². The molecule has 2 unspecified atom stereocenters. The Bertz CT molecular complexity index is 658. The Morgan fingerprint density at radius 1 is 1.09 bits per heavy atom. The van der Waals surface area contributed by atoms with Crippen molar-refractivity contribution in [3.05, 3.63) is 65.2 Å². The van der Waals surface area contributed by atoms with Crippen molar-refractivity contribution in [3.63, 3.8) is 0 Å². The molecule has 0 aliphatic rings. The van der Waals surface area contributed by atoms with Crippen molar-refractivity contribution in [3.8, 4) is 5.75 Å². The van der Waals surface area contributed by atoms with Crippen LogP contribution in [0.25, 0.3) is 0 Å². The largest absolute Gasteiger partial charge is 0.508 e. The van der Waals surface area contributed by atoms with E-state index in [2.05, 4.69) is 5.32 Å². The highest BCUT2D eigenvalue weighted by Crippen LogP contribution is 2.18. The van der Waals surface area contributed by atoms with Crippen LogP contribution in [0.4, 0.5) is 0 Å². The fourth-order valence-corrected chi connectivity index (χ4v) is 2.25. The third-order valence-corrected chi connectivity index (χ3v) is 3.59. The molecule has 122 valence electrons. The molecule has 0 saturated carbocycles. The first-order valence-electron chi connectivity index (χ1n) is 7.25. The lowest BCUT2D eigenvalue weighted by Gasteiger charge is -2.16. The lowest BCUT2D eigenvalue weighted by molar-refractivity contribution is -0.121. The molecule has 2 aromatic carbocycles. The van der Waals surface area contributed by atoms with E-state index < -0.39 is 6.23 Å². The van der Waals surface area contributed by atoms with E-state index in [4.69, 9.17) is 5.21 Å². The van der Waals surface area contributed by atoms with Gasteiger partial charge in [-0.1, -0.05) is 42.5 Å². The van der Waals surface area contributed by atoms with Crippen molar-refractivity contribution in [2.24, 2.45) is 0 Å². The number of aliphatic hydroxyl groups excluding tert-OH is 1. The first-order chi connectivity index (χ1) is 11.0. The van der Waals surface area contributed by atoms with Crippen LogP contribution in [0.5, 0.6) is 5.75 Å². The van der Waals surface area contributed by atoms with E-state index in [1.165, 1.54) is 0 Å². The summed E-state index contributed by atoms with van der Waals surface area (Å²) in [6.07, 6.45) is -1.04. The summed E-state index contributed by atoms with van der Waals surface area (Å²) in [6.45, 7) is 1.85. The summed E-state index contributed by atoms with van der Waals surface area (Å²) < 4.78 is 0. The summed E-state index contributed by atoms with van der Waals surface area (Å²) in [5, 5.41) is 30.7. The number of rotatable bonds is 6. The Kier molecular flexibility index (Phi) is 5.70. The van der Waals surface area contributed by atoms with Crippen LogP contribution >= 0.6 is 0 Å². The van der Waals surface area contributed by atoms with Crippen LogP contribution < -0.4 is 10.8 Å². The summed E-state index contributed by atoms with van der Waals surface area (Å²) in [4.78, 5) is 12.1. The highest BCUT2D eigenvalue weighted by atomic mass is 16.5. The molecule has 6 heteroatoms. The van der Waals surface area contributed by atoms with E-state index >= 15 is 0 Å². The predicted octanol–water partition coefficient (Wildman–Crippen LogP) is 1.78. The van der Waals surface area contributed by atoms with Crippen LogP contribution in [0.15, 0.2) is 48.5 Å². The van der Waals surface area contributed by atoms with Gasteiger partial charge in [-0.25, -0.2) is 0 Å². The zero-order chi connectivity index (χ0) is 16.8. The monoisotopic (exact) mass is 316 g/mol. The molecule has 0 heterocycles. The number of nitrogens with one attached hydrogen (secondary N) is 2. The van der Waals surface area contributed by atoms with Crippen LogP contribution in [0.3, 0.4) is 0 Å². The molecule has 0 aliphatic heterocycles. The Labute approximate surface area is 134 Å². The van der Waals surface area contributed by atoms with Crippen LogP contribution in [-0.2, 0) is 11.2 Å². The summed E-state index contributed by atoms with van der Waals surface area (Å²) in [5.41, 5.74) is 3.71. The molecular formula is C17H20N2O4. The first-order valence-corrected chi connectivity index (χ1v) is 7.25. The molecule has 0 saturated heterocycles. The van der Waals surface area contributed by atoms with Crippen LogP contribution in [-0.4, -0.2) is 21.3 Å². The number of phenolic OH excluding ortho intramolecular Hbond substituents is 1. The van der Waals surface area contributed by atoms with Gasteiger partial charge in [0.05, 0.1) is 12.5 Å². The number of aliphatic hydroxyl groups is 1. The smallest absolute Gasteiger partial charge is 0.225 e. The second kappa shape index (κ2) is 7.73. The highest BCUT2D eigenvalue weighted by molar-refractivity contribution is 5.79. The van der Waals surface area contributed by atoms with E-state index in [1.54, 1.807) is 54.0 Å². The number of carbonyl (C=O) groups is 1. The second-order valence-corrected chi connectivity index (χ2v) is 5.29. The molecule has 5 N–H and O–H groups in total. The second-order valence-electron chi connectivity index (χ2n) is 5.29. The minimum absolute atomic E-state index is 0.0994. The lowest BCUT2D eigenvalue weighted by Crippen LogP contribution is -2.28. The van der Waals surface area contributed by atoms with E-state index in [9.17, 15) is 15.0 Å². The predicted molar refractivity (Wildman–Crippen MR) is 84.7 cm³/mol. The Morgan fingerprint density at radius 2 is 1.70 bits per heavy atom. The molecule has 0 fully saturated rings. The summed E-state index contributed by atoms with van der Waals surface area (Å²) in [7, 11) is 0. The lowest BCUT2D eigenvalue weighted by atomic mass is 10.0. The molecule has 6 nitrogen and oxygen atoms in total. The third kappa shape index (κ3) is 4.53. The molecule has 2 atom stereocenters. The molecule has 2 rings (SSSR count). The number of hydrogen-bond acceptors (Lipinski definition) is 5. The zero-order valence-electron chi connectivity index (χ0n) is 12.7. The van der Waals surface area contributed by atoms with Crippen molar-refractivity contribution >= 4 is 5.91 Å². The molecular weight excluding hydrogens is 296 g/mol. The van der Waals surface area contributed by atoms with E-state index in [1.807, 2.05) is 6.92 Å². The van der Waals surface area contributed by atoms with Gasteiger partial charge in [0, 0.05) is 5.56 Å². The minimum Gasteiger partial charge on any atom is -0.508 e. The number of amides is 1. The van der Waals surface area contributed by atoms with Crippen LogP contribution in [0.1, 0.15) is 35.9 Å². The SMILES string of the molecule is CC(NC(=O)Cc1ccccc1O)c1ccc(C(O)NO)cc1. The van der Waals surface area contributed by atoms with Gasteiger partial charge in [0.2, 0.25) is 5.91 Å². The van der Waals surface area contributed by atoms with Gasteiger partial charge in [0.15, 0.2) is 6.23 Å². The normalized spacial score (nSPS) is 13.3. The van der Waals surface area contributed by atoms with Crippen LogP contribution in [0, 0.1) is 0 Å². The molecule has 0 radical (unpaired) electrons. The first kappa shape index (κ1) is 17.0. The number of carbonyl (C=O) groups excluding carboxylic acids is 1. The maximum atomic E-state index is 12.1. The van der Waals surface area contributed by atoms with Gasteiger partial charge < -0.3 is 20.7 Å². The number of hydrogen-bond donors (Lipinski definition) is 5. The molecule has 0 bridgehead atoms. The van der Waals surface area contributed by atoms with Gasteiger partial charge in [-0.15, -0.1) is 0 Å². The zero-order valence-corrected chi connectivity index (χ0v) is 12.7. The quantitative estimate of drug-likeness (QED) is 0.413. The van der Waals surface area contributed by atoms with Crippen molar-refractivity contribution in [2.75, 3.05) is 0 Å². The molecule has 23 heavy (non-hydrogen) atoms. The standard InChI is InChI=1S/C17H20N2O4/c1-11(12-6-8-13(9-7-12)17(22)19-23)18-16(21)10-14-4-2-3-5-15(14)20/h2-9,11,17,19-20,22-23H,10H2,1H3,(H,18,21). The molecule has 1 amide bonds. The molecule has 0 aromatic heterocycles. The number of benzene rings is 2. The number of aromatic hydroxyl groups is 1. The molecule has 2 aromatic rings. The van der Waals surface area contributed by atoms with Gasteiger partial charge in [-0.3, -0.25) is 4.79 Å². The van der Waals surface area contributed by atoms with Gasteiger partial charge in [0.25, 0.3) is 0 Å². The minimum atomic E-state index is -1.14. The molecule has 0 aliphatic carbocycles. The summed E-state index contributed by atoms with van der Waals surface area (Å²) >= 11 is 0. The topological polar surface area (TPSA) is 102 Å². The number of phenols is 1.